The minimum Gasteiger partial charge on any atom is -0.489 e. The van der Waals surface area contributed by atoms with E-state index >= 15 is 0 Å². The van der Waals surface area contributed by atoms with Crippen LogP contribution in [0.25, 0.3) is 6.08 Å². The molecule has 0 saturated carbocycles. The van der Waals surface area contributed by atoms with Crippen molar-refractivity contribution >= 4 is 35.1 Å². The topological polar surface area (TPSA) is 67.4 Å². The van der Waals surface area contributed by atoms with Gasteiger partial charge in [0.05, 0.1) is 23.9 Å². The largest absolute Gasteiger partial charge is 0.489 e. The molecule has 3 aromatic carbocycles. The number of nitrogens with zero attached hydrogens (tertiary/aromatic N) is 3. The van der Waals surface area contributed by atoms with Crippen LogP contribution in [-0.4, -0.2) is 22.2 Å². The minimum atomic E-state index is -0.130. The molecule has 0 spiro atoms. The Morgan fingerprint density at radius 2 is 1.81 bits per heavy atom. The van der Waals surface area contributed by atoms with E-state index in [4.69, 9.17) is 9.15 Å². The van der Waals surface area contributed by atoms with Crippen LogP contribution in [0, 0.1) is 6.92 Å². The highest BCUT2D eigenvalue weighted by Gasteiger charge is 2.34. The van der Waals surface area contributed by atoms with E-state index in [0.29, 0.717) is 22.4 Å². The number of amidine groups is 1. The van der Waals surface area contributed by atoms with Gasteiger partial charge >= 0.3 is 0 Å². The second kappa shape index (κ2) is 11.6. The standard InChI is InChI=1S/C30H25N3O3S/c1-22-9-5-6-13-25(22)18-28-29(34)33(20-27-15-8-16-35-27)30(37-28)32-31-19-24-12-7-14-26(17-24)36-21-23-10-3-2-4-11-23/h2-19H,20-21H2,1H3/b28-18-,31-19-,32-30+. The Kier molecular flexibility index (Phi) is 7.62. The predicted molar refractivity (Wildman–Crippen MR) is 148 cm³/mol. The van der Waals surface area contributed by atoms with Crippen molar-refractivity contribution in [2.75, 3.05) is 0 Å². The fourth-order valence-electron chi connectivity index (χ4n) is 3.74. The molecule has 1 aliphatic rings. The van der Waals surface area contributed by atoms with Crippen molar-refractivity contribution in [2.24, 2.45) is 10.2 Å². The van der Waals surface area contributed by atoms with Gasteiger partial charge in [-0.2, -0.15) is 5.10 Å². The molecule has 6 nitrogen and oxygen atoms in total. The number of carbonyl (C=O) groups excluding carboxylic acids is 1. The van der Waals surface area contributed by atoms with Gasteiger partial charge in [0.15, 0.2) is 5.17 Å². The third-order valence-electron chi connectivity index (χ3n) is 5.71. The molecule has 1 aromatic heterocycles. The number of benzene rings is 3. The average molecular weight is 508 g/mol. The van der Waals surface area contributed by atoms with Crippen LogP contribution < -0.4 is 4.74 Å². The Balaban J connectivity index is 1.34. The molecule has 0 radical (unpaired) electrons. The first-order valence-corrected chi connectivity index (χ1v) is 12.6. The summed E-state index contributed by atoms with van der Waals surface area (Å²) in [6, 6.07) is 29.3. The molecule has 0 atom stereocenters. The second-order valence-corrected chi connectivity index (χ2v) is 9.42. The number of hydrogen-bond donors (Lipinski definition) is 0. The lowest BCUT2D eigenvalue weighted by Gasteiger charge is -2.12. The number of amides is 1. The van der Waals surface area contributed by atoms with E-state index in [1.54, 1.807) is 23.4 Å². The SMILES string of the molecule is Cc1ccccc1/C=C1\S/C(=N/N=C\c2cccc(OCc3ccccc3)c2)N(Cc2ccco2)C1=O. The van der Waals surface area contributed by atoms with Crippen LogP contribution in [0.15, 0.2) is 117 Å². The number of furan rings is 1. The van der Waals surface area contributed by atoms with Crippen LogP contribution in [0.2, 0.25) is 0 Å². The van der Waals surface area contributed by atoms with Gasteiger partial charge in [-0.05, 0) is 71.3 Å². The molecular weight excluding hydrogens is 482 g/mol. The molecule has 4 aromatic rings. The Labute approximate surface area is 220 Å². The van der Waals surface area contributed by atoms with Crippen molar-refractivity contribution < 1.29 is 13.9 Å². The van der Waals surface area contributed by atoms with E-state index in [0.717, 1.165) is 28.0 Å². The normalized spacial score (nSPS) is 15.8. The lowest BCUT2D eigenvalue weighted by atomic mass is 10.1. The highest BCUT2D eigenvalue weighted by Crippen LogP contribution is 2.34. The number of rotatable bonds is 8. The quantitative estimate of drug-likeness (QED) is 0.152. The monoisotopic (exact) mass is 507 g/mol. The smallest absolute Gasteiger partial charge is 0.267 e. The first-order chi connectivity index (χ1) is 18.2. The highest BCUT2D eigenvalue weighted by atomic mass is 32.2. The summed E-state index contributed by atoms with van der Waals surface area (Å²) < 4.78 is 11.4. The second-order valence-electron chi connectivity index (χ2n) is 8.41. The summed E-state index contributed by atoms with van der Waals surface area (Å²) in [6.07, 6.45) is 5.15. The number of hydrogen-bond acceptors (Lipinski definition) is 6. The molecule has 1 aliphatic heterocycles. The zero-order valence-electron chi connectivity index (χ0n) is 20.3. The summed E-state index contributed by atoms with van der Waals surface area (Å²) in [7, 11) is 0. The summed E-state index contributed by atoms with van der Waals surface area (Å²) in [4.78, 5) is 15.4. The Morgan fingerprint density at radius 1 is 0.973 bits per heavy atom. The predicted octanol–water partition coefficient (Wildman–Crippen LogP) is 6.67. The number of carbonyl (C=O) groups is 1. The van der Waals surface area contributed by atoms with E-state index in [9.17, 15) is 4.79 Å². The van der Waals surface area contributed by atoms with Crippen molar-refractivity contribution in [3.8, 4) is 5.75 Å². The zero-order chi connectivity index (χ0) is 25.5. The first kappa shape index (κ1) is 24.3. The van der Waals surface area contributed by atoms with E-state index in [1.807, 2.05) is 97.9 Å². The van der Waals surface area contributed by atoms with Crippen LogP contribution in [-0.2, 0) is 17.9 Å². The van der Waals surface area contributed by atoms with Gasteiger partial charge in [-0.25, -0.2) is 0 Å². The van der Waals surface area contributed by atoms with Crippen LogP contribution in [0.3, 0.4) is 0 Å². The van der Waals surface area contributed by atoms with Crippen molar-refractivity contribution in [1.82, 2.24) is 4.90 Å². The third kappa shape index (κ3) is 6.26. The molecule has 7 heteroatoms. The van der Waals surface area contributed by atoms with Gasteiger partial charge in [0.25, 0.3) is 5.91 Å². The Bertz CT molecular complexity index is 1460. The molecule has 5 rings (SSSR count). The highest BCUT2D eigenvalue weighted by molar-refractivity contribution is 8.18. The molecule has 0 bridgehead atoms. The molecule has 0 aliphatic carbocycles. The lowest BCUT2D eigenvalue weighted by molar-refractivity contribution is -0.122. The van der Waals surface area contributed by atoms with Gasteiger partial charge in [0.2, 0.25) is 0 Å². The van der Waals surface area contributed by atoms with Crippen LogP contribution in [0.4, 0.5) is 0 Å². The summed E-state index contributed by atoms with van der Waals surface area (Å²) >= 11 is 1.30. The van der Waals surface area contributed by atoms with Crippen molar-refractivity contribution in [1.29, 1.82) is 0 Å². The molecule has 37 heavy (non-hydrogen) atoms. The summed E-state index contributed by atoms with van der Waals surface area (Å²) in [6.45, 7) is 2.79. The summed E-state index contributed by atoms with van der Waals surface area (Å²) in [5, 5.41) is 9.18. The zero-order valence-corrected chi connectivity index (χ0v) is 21.1. The van der Waals surface area contributed by atoms with Gasteiger partial charge in [-0.15, -0.1) is 5.10 Å². The number of ether oxygens (including phenoxy) is 1. The van der Waals surface area contributed by atoms with Gasteiger partial charge in [-0.1, -0.05) is 66.7 Å². The fraction of sp³-hybridized carbons (Fsp3) is 0.100. The van der Waals surface area contributed by atoms with Gasteiger partial charge in [0.1, 0.15) is 18.1 Å². The molecule has 1 saturated heterocycles. The Morgan fingerprint density at radius 3 is 2.62 bits per heavy atom. The van der Waals surface area contributed by atoms with E-state index in [1.165, 1.54) is 11.8 Å². The van der Waals surface area contributed by atoms with E-state index < -0.39 is 0 Å². The maximum absolute atomic E-state index is 13.3. The van der Waals surface area contributed by atoms with Crippen LogP contribution in [0.5, 0.6) is 5.75 Å². The Hall–Kier alpha value is -4.36. The van der Waals surface area contributed by atoms with Crippen molar-refractivity contribution in [3.05, 3.63) is 130 Å². The first-order valence-electron chi connectivity index (χ1n) is 11.8. The maximum atomic E-state index is 13.3. The van der Waals surface area contributed by atoms with Crippen molar-refractivity contribution in [2.45, 2.75) is 20.1 Å². The molecule has 0 N–H and O–H groups in total. The summed E-state index contributed by atoms with van der Waals surface area (Å²) in [5.74, 6) is 1.29. The molecule has 184 valence electrons. The molecular formula is C30H25N3O3S. The minimum absolute atomic E-state index is 0.130. The maximum Gasteiger partial charge on any atom is 0.267 e. The molecule has 2 heterocycles. The third-order valence-corrected chi connectivity index (χ3v) is 6.71. The molecule has 1 fully saturated rings. The van der Waals surface area contributed by atoms with Crippen molar-refractivity contribution in [3.63, 3.8) is 0 Å². The average Bonchev–Trinajstić information content (AvgIpc) is 3.54. The fourth-order valence-corrected chi connectivity index (χ4v) is 4.67. The van der Waals surface area contributed by atoms with E-state index in [2.05, 4.69) is 10.2 Å². The molecule has 1 amide bonds. The van der Waals surface area contributed by atoms with Gasteiger partial charge in [-0.3, -0.25) is 9.69 Å². The van der Waals surface area contributed by atoms with Crippen LogP contribution in [0.1, 0.15) is 28.0 Å². The number of aryl methyl sites for hydroxylation is 1. The number of thioether (sulfide) groups is 1. The van der Waals surface area contributed by atoms with Crippen LogP contribution >= 0.6 is 11.8 Å². The summed E-state index contributed by atoms with van der Waals surface area (Å²) in [5.41, 5.74) is 4.03. The van der Waals surface area contributed by atoms with E-state index in [-0.39, 0.29) is 12.5 Å². The van der Waals surface area contributed by atoms with Gasteiger partial charge in [0, 0.05) is 0 Å². The van der Waals surface area contributed by atoms with Gasteiger partial charge < -0.3 is 9.15 Å². The molecule has 0 unspecified atom stereocenters. The lowest BCUT2D eigenvalue weighted by Crippen LogP contribution is -2.28.